The van der Waals surface area contributed by atoms with Gasteiger partial charge in [-0.2, -0.15) is 8.78 Å². The summed E-state index contributed by atoms with van der Waals surface area (Å²) in [5, 5.41) is 2.25. The van der Waals surface area contributed by atoms with Gasteiger partial charge in [0.15, 0.2) is 0 Å². The highest BCUT2D eigenvalue weighted by Crippen LogP contribution is 2.42. The van der Waals surface area contributed by atoms with E-state index in [1.165, 1.54) is 13.8 Å². The van der Waals surface area contributed by atoms with Gasteiger partial charge in [0.05, 0.1) is 0 Å². The maximum atomic E-state index is 14.1. The molecule has 0 aliphatic rings. The molecule has 0 aromatic heterocycles. The van der Waals surface area contributed by atoms with Gasteiger partial charge in [0.1, 0.15) is 0 Å². The van der Waals surface area contributed by atoms with Crippen molar-refractivity contribution in [3.8, 4) is 0 Å². The molecule has 1 aromatic rings. The van der Waals surface area contributed by atoms with E-state index >= 15 is 0 Å². The molecule has 0 aliphatic carbocycles. The van der Waals surface area contributed by atoms with Crippen LogP contribution in [0.5, 0.6) is 0 Å². The fourth-order valence-corrected chi connectivity index (χ4v) is 1.39. The molecule has 0 bridgehead atoms. The summed E-state index contributed by atoms with van der Waals surface area (Å²) in [5.41, 5.74) is -1.02. The minimum Gasteiger partial charge on any atom is -0.321 e. The van der Waals surface area contributed by atoms with Gasteiger partial charge in [0, 0.05) is 11.1 Å². The Balaban J connectivity index is 2.90. The first-order valence-corrected chi connectivity index (χ1v) is 5.94. The SMILES string of the molecule is CC(C)C(C)(C)C(F)(F)C(=O)Nc1ccccc1. The number of hydrogen-bond acceptors (Lipinski definition) is 1. The van der Waals surface area contributed by atoms with Crippen molar-refractivity contribution in [2.45, 2.75) is 33.6 Å². The Hall–Kier alpha value is -1.45. The summed E-state index contributed by atoms with van der Waals surface area (Å²) in [5.74, 6) is -4.99. The summed E-state index contributed by atoms with van der Waals surface area (Å²) in [6.45, 7) is 6.18. The maximum absolute atomic E-state index is 14.1. The first kappa shape index (κ1) is 14.6. The predicted molar refractivity (Wildman–Crippen MR) is 68.6 cm³/mol. The number of carbonyl (C=O) groups is 1. The van der Waals surface area contributed by atoms with Crippen molar-refractivity contribution in [2.24, 2.45) is 11.3 Å². The van der Waals surface area contributed by atoms with Crippen LogP contribution in [0, 0.1) is 11.3 Å². The van der Waals surface area contributed by atoms with Gasteiger partial charge < -0.3 is 5.32 Å². The van der Waals surface area contributed by atoms with E-state index in [1.54, 1.807) is 44.2 Å². The lowest BCUT2D eigenvalue weighted by Crippen LogP contribution is -2.49. The predicted octanol–water partition coefficient (Wildman–Crippen LogP) is 3.94. The minimum absolute atomic E-state index is 0.311. The number of amides is 1. The molecule has 0 heterocycles. The molecule has 2 nitrogen and oxygen atoms in total. The van der Waals surface area contributed by atoms with Crippen molar-refractivity contribution in [1.82, 2.24) is 0 Å². The number of rotatable bonds is 4. The zero-order chi connectivity index (χ0) is 14.0. The van der Waals surface area contributed by atoms with Crippen LogP contribution in [-0.4, -0.2) is 11.8 Å². The third-order valence-corrected chi connectivity index (χ3v) is 3.57. The molecule has 4 heteroatoms. The maximum Gasteiger partial charge on any atom is 0.330 e. The Bertz CT molecular complexity index is 413. The molecule has 0 saturated carbocycles. The molecule has 1 aromatic carbocycles. The largest absolute Gasteiger partial charge is 0.330 e. The molecular weight excluding hydrogens is 236 g/mol. The standard InChI is InChI=1S/C14H19F2NO/c1-10(2)13(3,4)14(15,16)12(18)17-11-8-6-5-7-9-11/h5-10H,1-4H3,(H,17,18). The molecule has 0 saturated heterocycles. The number of carbonyl (C=O) groups excluding carboxylic acids is 1. The molecule has 1 N–H and O–H groups in total. The lowest BCUT2D eigenvalue weighted by molar-refractivity contribution is -0.164. The number of halogens is 2. The summed E-state index contributed by atoms with van der Waals surface area (Å²) >= 11 is 0. The Morgan fingerprint density at radius 2 is 1.67 bits per heavy atom. The van der Waals surface area contributed by atoms with Gasteiger partial charge in [0.2, 0.25) is 0 Å². The highest BCUT2D eigenvalue weighted by atomic mass is 19.3. The third-order valence-electron chi connectivity index (χ3n) is 3.57. The number of nitrogens with one attached hydrogen (secondary N) is 1. The van der Waals surface area contributed by atoms with E-state index < -0.39 is 17.2 Å². The zero-order valence-electron chi connectivity index (χ0n) is 11.1. The van der Waals surface area contributed by atoms with Crippen molar-refractivity contribution < 1.29 is 13.6 Å². The van der Waals surface area contributed by atoms with E-state index in [9.17, 15) is 13.6 Å². The van der Waals surface area contributed by atoms with E-state index in [4.69, 9.17) is 0 Å². The van der Waals surface area contributed by atoms with Gasteiger partial charge in [-0.15, -0.1) is 0 Å². The molecule has 0 atom stereocenters. The van der Waals surface area contributed by atoms with Gasteiger partial charge in [-0.1, -0.05) is 45.9 Å². The molecule has 0 unspecified atom stereocenters. The lowest BCUT2D eigenvalue weighted by atomic mass is 9.75. The minimum atomic E-state index is -3.42. The zero-order valence-corrected chi connectivity index (χ0v) is 11.1. The van der Waals surface area contributed by atoms with Gasteiger partial charge in [-0.3, -0.25) is 4.79 Å². The highest BCUT2D eigenvalue weighted by Gasteiger charge is 2.54. The second kappa shape index (κ2) is 5.04. The Morgan fingerprint density at radius 1 is 1.17 bits per heavy atom. The topological polar surface area (TPSA) is 29.1 Å². The van der Waals surface area contributed by atoms with Crippen LogP contribution in [0.25, 0.3) is 0 Å². The quantitative estimate of drug-likeness (QED) is 0.867. The molecular formula is C14H19F2NO. The normalized spacial score (nSPS) is 12.6. The first-order chi connectivity index (χ1) is 8.19. The molecule has 0 spiro atoms. The van der Waals surface area contributed by atoms with Crippen LogP contribution in [-0.2, 0) is 4.79 Å². The second-order valence-corrected chi connectivity index (χ2v) is 5.27. The molecule has 0 radical (unpaired) electrons. The van der Waals surface area contributed by atoms with Gasteiger partial charge in [0.25, 0.3) is 5.91 Å². The van der Waals surface area contributed by atoms with Crippen molar-refractivity contribution in [1.29, 1.82) is 0 Å². The fraction of sp³-hybridized carbons (Fsp3) is 0.500. The lowest BCUT2D eigenvalue weighted by Gasteiger charge is -2.36. The number of benzene rings is 1. The molecule has 1 rings (SSSR count). The van der Waals surface area contributed by atoms with E-state index in [0.29, 0.717) is 5.69 Å². The van der Waals surface area contributed by atoms with Crippen LogP contribution < -0.4 is 5.32 Å². The summed E-state index contributed by atoms with van der Waals surface area (Å²) < 4.78 is 28.2. The van der Waals surface area contributed by atoms with Crippen LogP contribution >= 0.6 is 0 Å². The van der Waals surface area contributed by atoms with Crippen molar-refractivity contribution >= 4 is 11.6 Å². The van der Waals surface area contributed by atoms with Crippen LogP contribution in [0.2, 0.25) is 0 Å². The average molecular weight is 255 g/mol. The molecule has 18 heavy (non-hydrogen) atoms. The Morgan fingerprint density at radius 3 is 2.11 bits per heavy atom. The smallest absolute Gasteiger partial charge is 0.321 e. The summed E-state index contributed by atoms with van der Waals surface area (Å²) in [6, 6.07) is 8.28. The summed E-state index contributed by atoms with van der Waals surface area (Å²) in [7, 11) is 0. The second-order valence-electron chi connectivity index (χ2n) is 5.27. The molecule has 0 fully saturated rings. The van der Waals surface area contributed by atoms with Crippen LogP contribution in [0.3, 0.4) is 0 Å². The van der Waals surface area contributed by atoms with Crippen LogP contribution in [0.1, 0.15) is 27.7 Å². The van der Waals surface area contributed by atoms with E-state index in [-0.39, 0.29) is 5.92 Å². The van der Waals surface area contributed by atoms with Crippen molar-refractivity contribution in [3.05, 3.63) is 30.3 Å². The van der Waals surface area contributed by atoms with Crippen molar-refractivity contribution in [3.63, 3.8) is 0 Å². The number of para-hydroxylation sites is 1. The van der Waals surface area contributed by atoms with E-state index in [0.717, 1.165) is 0 Å². The Labute approximate surface area is 106 Å². The summed E-state index contributed by atoms with van der Waals surface area (Å²) in [6.07, 6.45) is 0. The van der Waals surface area contributed by atoms with E-state index in [2.05, 4.69) is 5.32 Å². The highest BCUT2D eigenvalue weighted by molar-refractivity contribution is 5.96. The first-order valence-electron chi connectivity index (χ1n) is 5.94. The van der Waals surface area contributed by atoms with Gasteiger partial charge in [-0.05, 0) is 18.1 Å². The molecule has 0 aliphatic heterocycles. The van der Waals surface area contributed by atoms with Gasteiger partial charge in [-0.25, -0.2) is 0 Å². The van der Waals surface area contributed by atoms with Gasteiger partial charge >= 0.3 is 5.92 Å². The van der Waals surface area contributed by atoms with Crippen LogP contribution in [0.15, 0.2) is 30.3 Å². The molecule has 100 valence electrons. The number of anilines is 1. The van der Waals surface area contributed by atoms with Crippen LogP contribution in [0.4, 0.5) is 14.5 Å². The Kier molecular flexibility index (Phi) is 4.09. The van der Waals surface area contributed by atoms with E-state index in [1.807, 2.05) is 0 Å². The molecule has 1 amide bonds. The average Bonchev–Trinajstić information content (AvgIpc) is 2.29. The fourth-order valence-electron chi connectivity index (χ4n) is 1.39. The summed E-state index contributed by atoms with van der Waals surface area (Å²) in [4.78, 5) is 11.7. The monoisotopic (exact) mass is 255 g/mol. The number of hydrogen-bond donors (Lipinski definition) is 1. The third kappa shape index (κ3) is 2.68. The van der Waals surface area contributed by atoms with Crippen molar-refractivity contribution in [2.75, 3.05) is 5.32 Å². The number of alkyl halides is 2.